The summed E-state index contributed by atoms with van der Waals surface area (Å²) in [7, 11) is 0. The number of amides is 3. The predicted molar refractivity (Wildman–Crippen MR) is 88.3 cm³/mol. The lowest BCUT2D eigenvalue weighted by Crippen LogP contribution is -2.41. The Morgan fingerprint density at radius 3 is 2.87 bits per heavy atom. The van der Waals surface area contributed by atoms with Crippen LogP contribution in [-0.2, 0) is 14.9 Å². The molecule has 1 atom stereocenters. The predicted octanol–water partition coefficient (Wildman–Crippen LogP) is 1.40. The van der Waals surface area contributed by atoms with Gasteiger partial charge in [-0.25, -0.2) is 9.78 Å². The molecule has 1 saturated heterocycles. The maximum atomic E-state index is 11.5. The molecular weight excluding hydrogens is 316 g/mol. The zero-order valence-electron chi connectivity index (χ0n) is 13.8. The lowest BCUT2D eigenvalue weighted by molar-refractivity contribution is -0.120. The van der Waals surface area contributed by atoms with Gasteiger partial charge in [-0.15, -0.1) is 11.3 Å². The lowest BCUT2D eigenvalue weighted by atomic mass is 9.93. The molecule has 23 heavy (non-hydrogen) atoms. The van der Waals surface area contributed by atoms with Gasteiger partial charge in [0.05, 0.1) is 12.3 Å². The third-order valence-electron chi connectivity index (χ3n) is 3.63. The van der Waals surface area contributed by atoms with Crippen LogP contribution in [0.1, 0.15) is 44.0 Å². The number of carbonyl (C=O) groups excluding carboxylic acids is 2. The van der Waals surface area contributed by atoms with Gasteiger partial charge in [0.25, 0.3) is 0 Å². The van der Waals surface area contributed by atoms with Crippen LogP contribution in [0, 0.1) is 0 Å². The van der Waals surface area contributed by atoms with E-state index in [0.29, 0.717) is 19.7 Å². The van der Waals surface area contributed by atoms with Crippen LogP contribution in [0.3, 0.4) is 0 Å². The van der Waals surface area contributed by atoms with Crippen molar-refractivity contribution in [2.45, 2.75) is 38.7 Å². The second-order valence-corrected chi connectivity index (χ2v) is 7.53. The van der Waals surface area contributed by atoms with Crippen LogP contribution < -0.4 is 11.1 Å². The fourth-order valence-corrected chi connectivity index (χ4v) is 3.38. The smallest absolute Gasteiger partial charge is 0.318 e. The maximum Gasteiger partial charge on any atom is 0.318 e. The number of hydrogen-bond donors (Lipinski definition) is 2. The molecule has 128 valence electrons. The summed E-state index contributed by atoms with van der Waals surface area (Å²) < 4.78 is 5.82. The first-order valence-electron chi connectivity index (χ1n) is 7.65. The van der Waals surface area contributed by atoms with Crippen LogP contribution in [-0.4, -0.2) is 48.1 Å². The van der Waals surface area contributed by atoms with Crippen molar-refractivity contribution in [1.82, 2.24) is 15.2 Å². The molecule has 0 aliphatic carbocycles. The van der Waals surface area contributed by atoms with Gasteiger partial charge in [0.15, 0.2) is 0 Å². The molecular formula is C15H24N4O3S. The van der Waals surface area contributed by atoms with Gasteiger partial charge in [-0.1, -0.05) is 20.8 Å². The Labute approximate surface area is 140 Å². The molecule has 0 radical (unpaired) electrons. The molecule has 1 aromatic heterocycles. The summed E-state index contributed by atoms with van der Waals surface area (Å²) in [4.78, 5) is 29.0. The SMILES string of the molecule is CC(C)(C)c1csc(C2CN(CCC(=O)NC(N)=O)CCO2)n1. The average Bonchev–Trinajstić information content (AvgIpc) is 2.94. The molecule has 2 rings (SSSR count). The molecule has 1 aromatic rings. The Hall–Kier alpha value is -1.51. The van der Waals surface area contributed by atoms with E-state index in [4.69, 9.17) is 15.5 Å². The second-order valence-electron chi connectivity index (χ2n) is 6.64. The fraction of sp³-hybridized carbons (Fsp3) is 0.667. The van der Waals surface area contributed by atoms with Crippen LogP contribution in [0.15, 0.2) is 5.38 Å². The third kappa shape index (κ3) is 5.26. The molecule has 8 heteroatoms. The molecule has 1 fully saturated rings. The second kappa shape index (κ2) is 7.37. The number of thiazole rings is 1. The van der Waals surface area contributed by atoms with Crippen molar-refractivity contribution in [1.29, 1.82) is 0 Å². The number of hydrogen-bond acceptors (Lipinski definition) is 6. The highest BCUT2D eigenvalue weighted by atomic mass is 32.1. The van der Waals surface area contributed by atoms with Crippen LogP contribution in [0.5, 0.6) is 0 Å². The number of nitrogens with one attached hydrogen (secondary N) is 1. The largest absolute Gasteiger partial charge is 0.368 e. The highest BCUT2D eigenvalue weighted by molar-refractivity contribution is 7.09. The quantitative estimate of drug-likeness (QED) is 0.863. The van der Waals surface area contributed by atoms with Gasteiger partial charge >= 0.3 is 6.03 Å². The van der Waals surface area contributed by atoms with Gasteiger partial charge in [0, 0.05) is 36.9 Å². The molecule has 1 aliphatic rings. The van der Waals surface area contributed by atoms with E-state index < -0.39 is 6.03 Å². The van der Waals surface area contributed by atoms with Crippen molar-refractivity contribution >= 4 is 23.3 Å². The number of ether oxygens (including phenoxy) is 1. The Morgan fingerprint density at radius 2 is 2.26 bits per heavy atom. The molecule has 2 heterocycles. The van der Waals surface area contributed by atoms with E-state index in [2.05, 4.69) is 36.4 Å². The van der Waals surface area contributed by atoms with Crippen molar-refractivity contribution < 1.29 is 14.3 Å². The Morgan fingerprint density at radius 1 is 1.52 bits per heavy atom. The Bertz CT molecular complexity index is 567. The monoisotopic (exact) mass is 340 g/mol. The van der Waals surface area contributed by atoms with E-state index in [-0.39, 0.29) is 23.8 Å². The minimum atomic E-state index is -0.813. The molecule has 0 saturated carbocycles. The summed E-state index contributed by atoms with van der Waals surface area (Å²) in [5.74, 6) is -0.357. The Kier molecular flexibility index (Phi) is 5.72. The van der Waals surface area contributed by atoms with Gasteiger partial charge in [-0.2, -0.15) is 0 Å². The molecule has 7 nitrogen and oxygen atoms in total. The van der Waals surface area contributed by atoms with Crippen LogP contribution in [0.25, 0.3) is 0 Å². The van der Waals surface area contributed by atoms with Crippen LogP contribution in [0.2, 0.25) is 0 Å². The summed E-state index contributed by atoms with van der Waals surface area (Å²) in [6.45, 7) is 9.04. The van der Waals surface area contributed by atoms with Gasteiger partial charge < -0.3 is 10.5 Å². The standard InChI is InChI=1S/C15H24N4O3S/c1-15(2,3)11-9-23-13(17-11)10-8-19(6-7-22-10)5-4-12(20)18-14(16)21/h9-10H,4-8H2,1-3H3,(H3,16,18,20,21). The number of aromatic nitrogens is 1. The number of nitrogens with two attached hydrogens (primary N) is 1. The number of primary amides is 1. The summed E-state index contributed by atoms with van der Waals surface area (Å²) in [5, 5.41) is 5.13. The lowest BCUT2D eigenvalue weighted by Gasteiger charge is -2.31. The molecule has 3 amide bonds. The minimum Gasteiger partial charge on any atom is -0.368 e. The van der Waals surface area contributed by atoms with Crippen molar-refractivity contribution in [3.05, 3.63) is 16.1 Å². The molecule has 1 aliphatic heterocycles. The van der Waals surface area contributed by atoms with Crippen molar-refractivity contribution in [2.75, 3.05) is 26.2 Å². The molecule has 0 aromatic carbocycles. The van der Waals surface area contributed by atoms with E-state index in [1.165, 1.54) is 0 Å². The minimum absolute atomic E-state index is 0.0238. The first kappa shape index (κ1) is 17.8. The number of urea groups is 1. The van der Waals surface area contributed by atoms with E-state index in [1.807, 2.05) is 0 Å². The van der Waals surface area contributed by atoms with Crippen molar-refractivity contribution in [3.8, 4) is 0 Å². The molecule has 0 bridgehead atoms. The Balaban J connectivity index is 1.89. The number of imide groups is 1. The summed E-state index contributed by atoms with van der Waals surface area (Å²) in [6.07, 6.45) is 0.171. The number of nitrogens with zero attached hydrogens (tertiary/aromatic N) is 2. The average molecular weight is 340 g/mol. The summed E-state index contributed by atoms with van der Waals surface area (Å²) in [5.41, 5.74) is 6.02. The number of rotatable bonds is 4. The molecule has 0 spiro atoms. The molecule has 1 unspecified atom stereocenters. The topological polar surface area (TPSA) is 97.6 Å². The fourth-order valence-electron chi connectivity index (χ4n) is 2.29. The highest BCUT2D eigenvalue weighted by Gasteiger charge is 2.26. The van der Waals surface area contributed by atoms with Crippen LogP contribution >= 0.6 is 11.3 Å². The first-order chi connectivity index (χ1) is 10.8. The first-order valence-corrected chi connectivity index (χ1v) is 8.53. The maximum absolute atomic E-state index is 11.5. The van der Waals surface area contributed by atoms with Crippen molar-refractivity contribution in [2.24, 2.45) is 5.73 Å². The van der Waals surface area contributed by atoms with Gasteiger partial charge in [0.2, 0.25) is 5.91 Å². The van der Waals surface area contributed by atoms with E-state index in [1.54, 1.807) is 11.3 Å². The van der Waals surface area contributed by atoms with Crippen molar-refractivity contribution in [3.63, 3.8) is 0 Å². The zero-order chi connectivity index (χ0) is 17.0. The third-order valence-corrected chi connectivity index (χ3v) is 4.57. The van der Waals surface area contributed by atoms with Crippen LogP contribution in [0.4, 0.5) is 4.79 Å². The van der Waals surface area contributed by atoms with Gasteiger partial charge in [0.1, 0.15) is 11.1 Å². The van der Waals surface area contributed by atoms with E-state index in [0.717, 1.165) is 17.2 Å². The highest BCUT2D eigenvalue weighted by Crippen LogP contribution is 2.30. The van der Waals surface area contributed by atoms with E-state index in [9.17, 15) is 9.59 Å². The number of morpholine rings is 1. The number of carbonyl (C=O) groups is 2. The zero-order valence-corrected chi connectivity index (χ0v) is 14.6. The normalized spacial score (nSPS) is 19.5. The summed E-state index contributed by atoms with van der Waals surface area (Å²) >= 11 is 1.61. The summed E-state index contributed by atoms with van der Waals surface area (Å²) in [6, 6.07) is -0.813. The van der Waals surface area contributed by atoms with E-state index >= 15 is 0 Å². The van der Waals surface area contributed by atoms with Gasteiger partial charge in [-0.05, 0) is 0 Å². The van der Waals surface area contributed by atoms with Gasteiger partial charge in [-0.3, -0.25) is 15.0 Å². The molecule has 3 N–H and O–H groups in total.